The zero-order chi connectivity index (χ0) is 24.7. The molecule has 3 aromatic carbocycles. The Morgan fingerprint density at radius 3 is 2.38 bits per heavy atom. The molecule has 0 spiro atoms. The number of hydrogen-bond acceptors (Lipinski definition) is 4. The Labute approximate surface area is 222 Å². The van der Waals surface area contributed by atoms with Gasteiger partial charge in [-0.1, -0.05) is 45.2 Å². The maximum Gasteiger partial charge on any atom is 0.266 e. The molecule has 3 aromatic rings. The molecule has 6 nitrogen and oxygen atoms in total. The number of nitrogens with one attached hydrogen (secondary N) is 2. The van der Waals surface area contributed by atoms with E-state index in [-0.39, 0.29) is 17.9 Å². The van der Waals surface area contributed by atoms with Crippen molar-refractivity contribution in [3.63, 3.8) is 0 Å². The first-order chi connectivity index (χ1) is 16.2. The number of amides is 2. The lowest BCUT2D eigenvalue weighted by atomic mass is 10.1. The molecule has 3 rings (SSSR count). The first-order valence-electron chi connectivity index (χ1n) is 9.61. The summed E-state index contributed by atoms with van der Waals surface area (Å²) in [7, 11) is 0. The van der Waals surface area contributed by atoms with E-state index in [0.29, 0.717) is 35.9 Å². The molecule has 0 aromatic heterocycles. The Morgan fingerprint density at radius 2 is 1.71 bits per heavy atom. The molecule has 10 heteroatoms. The van der Waals surface area contributed by atoms with Crippen LogP contribution in [0.5, 0.6) is 5.75 Å². The molecule has 0 bridgehead atoms. The highest BCUT2D eigenvalue weighted by atomic mass is 79.9. The third-order valence-electron chi connectivity index (χ3n) is 4.26. The lowest BCUT2D eigenvalue weighted by molar-refractivity contribution is -0.118. The Bertz CT molecular complexity index is 1310. The van der Waals surface area contributed by atoms with Crippen molar-refractivity contribution in [1.82, 2.24) is 0 Å². The fourth-order valence-electron chi connectivity index (χ4n) is 2.78. The summed E-state index contributed by atoms with van der Waals surface area (Å²) in [6.07, 6.45) is 1.38. The van der Waals surface area contributed by atoms with Gasteiger partial charge in [0.05, 0.1) is 4.47 Å². The predicted molar refractivity (Wildman–Crippen MR) is 141 cm³/mol. The van der Waals surface area contributed by atoms with Gasteiger partial charge in [-0.25, -0.2) is 0 Å². The highest BCUT2D eigenvalue weighted by Gasteiger charge is 2.15. The predicted octanol–water partition coefficient (Wildman–Crippen LogP) is 7.08. The van der Waals surface area contributed by atoms with E-state index in [1.807, 2.05) is 6.07 Å². The normalized spacial score (nSPS) is 10.9. The summed E-state index contributed by atoms with van der Waals surface area (Å²) in [5.41, 5.74) is 1.26. The molecule has 0 saturated heterocycles. The zero-order valence-electron chi connectivity index (χ0n) is 17.2. The van der Waals surface area contributed by atoms with E-state index in [2.05, 4.69) is 42.5 Å². The van der Waals surface area contributed by atoms with Crippen molar-refractivity contribution in [2.45, 2.75) is 0 Å². The van der Waals surface area contributed by atoms with E-state index in [9.17, 15) is 14.9 Å². The van der Waals surface area contributed by atoms with Gasteiger partial charge in [-0.3, -0.25) is 9.59 Å². The number of carbonyl (C=O) groups is 2. The van der Waals surface area contributed by atoms with Crippen LogP contribution < -0.4 is 15.4 Å². The molecule has 0 atom stereocenters. The second-order valence-electron chi connectivity index (χ2n) is 6.78. The average molecular weight is 624 g/mol. The van der Waals surface area contributed by atoms with Crippen LogP contribution in [0.25, 0.3) is 6.08 Å². The van der Waals surface area contributed by atoms with Gasteiger partial charge in [0.1, 0.15) is 17.4 Å². The van der Waals surface area contributed by atoms with Crippen LogP contribution in [0.4, 0.5) is 11.4 Å². The summed E-state index contributed by atoms with van der Waals surface area (Å²) < 4.78 is 6.94. The monoisotopic (exact) mass is 621 g/mol. The molecule has 0 radical (unpaired) electrons. The number of anilines is 2. The van der Waals surface area contributed by atoms with Gasteiger partial charge >= 0.3 is 0 Å². The molecular formula is C24H15Br2Cl2N3O3. The minimum absolute atomic E-state index is 0.166. The van der Waals surface area contributed by atoms with Crippen LogP contribution in [0.15, 0.2) is 75.2 Å². The Kier molecular flexibility index (Phi) is 9.13. The topological polar surface area (TPSA) is 91.2 Å². The first-order valence-corrected chi connectivity index (χ1v) is 12.0. The highest BCUT2D eigenvalue weighted by Crippen LogP contribution is 2.34. The molecule has 0 aliphatic rings. The Hall–Kier alpha value is -2.83. The quantitative estimate of drug-likeness (QED) is 0.217. The van der Waals surface area contributed by atoms with Gasteiger partial charge in [0.15, 0.2) is 6.61 Å². The van der Waals surface area contributed by atoms with Gasteiger partial charge in [-0.2, -0.15) is 5.26 Å². The molecule has 0 saturated carbocycles. The van der Waals surface area contributed by atoms with Crippen molar-refractivity contribution in [2.75, 3.05) is 17.2 Å². The molecule has 0 fully saturated rings. The van der Waals surface area contributed by atoms with Crippen LogP contribution >= 0.6 is 55.1 Å². The van der Waals surface area contributed by atoms with E-state index in [0.717, 1.165) is 0 Å². The van der Waals surface area contributed by atoms with E-state index in [1.54, 1.807) is 60.7 Å². The van der Waals surface area contributed by atoms with E-state index < -0.39 is 11.8 Å². The zero-order valence-corrected chi connectivity index (χ0v) is 21.9. The van der Waals surface area contributed by atoms with Gasteiger partial charge in [0.2, 0.25) is 0 Å². The highest BCUT2D eigenvalue weighted by molar-refractivity contribution is 9.11. The van der Waals surface area contributed by atoms with E-state index in [1.165, 1.54) is 6.08 Å². The average Bonchev–Trinajstić information content (AvgIpc) is 2.78. The fourth-order valence-corrected chi connectivity index (χ4v) is 4.47. The van der Waals surface area contributed by atoms with Crippen molar-refractivity contribution in [2.24, 2.45) is 0 Å². The van der Waals surface area contributed by atoms with Crippen LogP contribution in [0.1, 0.15) is 5.56 Å². The molecule has 2 amide bonds. The molecule has 34 heavy (non-hydrogen) atoms. The van der Waals surface area contributed by atoms with Crippen LogP contribution in [0, 0.1) is 11.3 Å². The summed E-state index contributed by atoms with van der Waals surface area (Å²) in [5.74, 6) is -0.726. The van der Waals surface area contributed by atoms with Gasteiger partial charge in [0.25, 0.3) is 11.8 Å². The number of nitriles is 1. The first kappa shape index (κ1) is 25.8. The van der Waals surface area contributed by atoms with Crippen LogP contribution in [0.2, 0.25) is 10.0 Å². The summed E-state index contributed by atoms with van der Waals surface area (Å²) in [6.45, 7) is -0.305. The third kappa shape index (κ3) is 7.34. The fraction of sp³-hybridized carbons (Fsp3) is 0.0417. The summed E-state index contributed by atoms with van der Waals surface area (Å²) in [5, 5.41) is 15.9. The van der Waals surface area contributed by atoms with E-state index >= 15 is 0 Å². The molecular weight excluding hydrogens is 609 g/mol. The minimum atomic E-state index is -0.618. The Balaban J connectivity index is 1.79. The smallest absolute Gasteiger partial charge is 0.266 e. The summed E-state index contributed by atoms with van der Waals surface area (Å²) >= 11 is 18.6. The second-order valence-corrected chi connectivity index (χ2v) is 9.43. The van der Waals surface area contributed by atoms with Gasteiger partial charge in [-0.05, 0) is 76.6 Å². The van der Waals surface area contributed by atoms with Gasteiger partial charge in [0, 0.05) is 31.5 Å². The van der Waals surface area contributed by atoms with Crippen LogP contribution in [-0.4, -0.2) is 18.4 Å². The molecule has 0 heterocycles. The number of hydrogen-bond donors (Lipinski definition) is 2. The maximum atomic E-state index is 12.7. The van der Waals surface area contributed by atoms with Crippen molar-refractivity contribution in [3.8, 4) is 11.8 Å². The number of nitrogens with zero attached hydrogens (tertiary/aromatic N) is 1. The second kappa shape index (κ2) is 12.0. The number of benzene rings is 3. The molecule has 172 valence electrons. The number of halogens is 4. The lowest BCUT2D eigenvalue weighted by Crippen LogP contribution is -2.20. The SMILES string of the molecule is N#C/C(=C/c1cc(Br)cc(Br)c1OCC(=O)Nc1ccc(Cl)cc1)C(=O)Nc1cccc(Cl)c1. The third-order valence-corrected chi connectivity index (χ3v) is 5.79. The number of ether oxygens (including phenoxy) is 1. The van der Waals surface area contributed by atoms with Crippen molar-refractivity contribution < 1.29 is 14.3 Å². The van der Waals surface area contributed by atoms with Crippen molar-refractivity contribution in [3.05, 3.63) is 90.8 Å². The largest absolute Gasteiger partial charge is 0.482 e. The molecule has 2 N–H and O–H groups in total. The summed E-state index contributed by atoms with van der Waals surface area (Å²) in [4.78, 5) is 25.0. The van der Waals surface area contributed by atoms with Crippen molar-refractivity contribution >= 4 is 84.3 Å². The minimum Gasteiger partial charge on any atom is -0.482 e. The number of carbonyl (C=O) groups excluding carboxylic acids is 2. The lowest BCUT2D eigenvalue weighted by Gasteiger charge is -2.13. The molecule has 0 unspecified atom stereocenters. The van der Waals surface area contributed by atoms with Crippen molar-refractivity contribution in [1.29, 1.82) is 5.26 Å². The maximum absolute atomic E-state index is 12.7. The summed E-state index contributed by atoms with van der Waals surface area (Å²) in [6, 6.07) is 18.5. The molecule has 0 aliphatic heterocycles. The Morgan fingerprint density at radius 1 is 0.971 bits per heavy atom. The molecule has 0 aliphatic carbocycles. The standard InChI is InChI=1S/C24H15Br2Cl2N3O3/c25-16-9-14(8-15(12-29)24(33)31-20-3-1-2-18(28)11-20)23(21(26)10-16)34-13-22(32)30-19-6-4-17(27)5-7-19/h1-11H,13H2,(H,30,32)(H,31,33)/b15-8-. The van der Waals surface area contributed by atoms with E-state index in [4.69, 9.17) is 27.9 Å². The van der Waals surface area contributed by atoms with Gasteiger partial charge < -0.3 is 15.4 Å². The van der Waals surface area contributed by atoms with Crippen LogP contribution in [0.3, 0.4) is 0 Å². The van der Waals surface area contributed by atoms with Gasteiger partial charge in [-0.15, -0.1) is 0 Å². The van der Waals surface area contributed by atoms with Crippen LogP contribution in [-0.2, 0) is 9.59 Å². The number of rotatable bonds is 7.